The number of benzene rings is 1. The molecule has 162 valence electrons. The van der Waals surface area contributed by atoms with Crippen molar-refractivity contribution in [2.75, 3.05) is 0 Å². The quantitative estimate of drug-likeness (QED) is 0.257. The number of aryl methyl sites for hydroxylation is 2. The molecular weight excluding hydrogens is 372 g/mol. The molecular formula is C23H40O4S. The molecule has 1 rings (SSSR count). The second-order valence-electron chi connectivity index (χ2n) is 8.21. The van der Waals surface area contributed by atoms with Gasteiger partial charge >= 0.3 is 10.1 Å². The topological polar surface area (TPSA) is 63.6 Å². The van der Waals surface area contributed by atoms with Crippen molar-refractivity contribution < 1.29 is 17.7 Å². The number of unbranched alkanes of at least 4 members (excludes halogenated alkanes) is 8. The summed E-state index contributed by atoms with van der Waals surface area (Å²) in [5.41, 5.74) is 2.08. The van der Waals surface area contributed by atoms with Crippen LogP contribution in [0.4, 0.5) is 0 Å². The van der Waals surface area contributed by atoms with Gasteiger partial charge in [-0.15, -0.1) is 0 Å². The summed E-state index contributed by atoms with van der Waals surface area (Å²) in [4.78, 5) is -1.66. The highest BCUT2D eigenvalue weighted by molar-refractivity contribution is 7.87. The molecule has 0 aromatic heterocycles. The van der Waals surface area contributed by atoms with Crippen LogP contribution in [0.25, 0.3) is 0 Å². The Labute approximate surface area is 172 Å². The molecule has 1 aromatic carbocycles. The van der Waals surface area contributed by atoms with Crippen LogP contribution < -0.4 is 4.74 Å². The molecule has 4 nitrogen and oxygen atoms in total. The Kier molecular flexibility index (Phi) is 11.1. The lowest BCUT2D eigenvalue weighted by atomic mass is 9.98. The van der Waals surface area contributed by atoms with E-state index in [0.717, 1.165) is 49.7 Å². The van der Waals surface area contributed by atoms with E-state index in [9.17, 15) is 13.0 Å². The highest BCUT2D eigenvalue weighted by Crippen LogP contribution is 2.32. The van der Waals surface area contributed by atoms with E-state index in [1.165, 1.54) is 52.4 Å². The molecule has 5 heteroatoms. The van der Waals surface area contributed by atoms with Gasteiger partial charge in [0.25, 0.3) is 0 Å². The molecule has 0 aliphatic carbocycles. The van der Waals surface area contributed by atoms with E-state index in [2.05, 4.69) is 13.8 Å². The van der Waals surface area contributed by atoms with E-state index >= 15 is 0 Å². The van der Waals surface area contributed by atoms with Crippen LogP contribution in [0.3, 0.4) is 0 Å². The lowest BCUT2D eigenvalue weighted by Crippen LogP contribution is -2.38. The van der Waals surface area contributed by atoms with Gasteiger partial charge in [-0.1, -0.05) is 83.4 Å². The first-order chi connectivity index (χ1) is 13.2. The highest BCUT2D eigenvalue weighted by Gasteiger charge is 2.36. The van der Waals surface area contributed by atoms with Gasteiger partial charge in [0.2, 0.25) is 4.93 Å². The molecule has 1 N–H and O–H groups in total. The molecule has 0 amide bonds. The first-order valence-corrected chi connectivity index (χ1v) is 12.4. The summed E-state index contributed by atoms with van der Waals surface area (Å²) in [7, 11) is -4.32. The smallest absolute Gasteiger partial charge is 0.305 e. The largest absolute Gasteiger partial charge is 0.469 e. The average Bonchev–Trinajstić information content (AvgIpc) is 2.62. The van der Waals surface area contributed by atoms with E-state index in [0.29, 0.717) is 5.75 Å². The van der Waals surface area contributed by atoms with Crippen LogP contribution in [-0.4, -0.2) is 17.9 Å². The first-order valence-electron chi connectivity index (χ1n) is 11.0. The number of para-hydroxylation sites is 1. The Morgan fingerprint density at radius 2 is 1.25 bits per heavy atom. The molecule has 0 unspecified atom stereocenters. The summed E-state index contributed by atoms with van der Waals surface area (Å²) in [6.45, 7) is 7.22. The van der Waals surface area contributed by atoms with Gasteiger partial charge in [-0.25, -0.2) is 0 Å². The maximum Gasteiger partial charge on any atom is 0.305 e. The molecule has 0 atom stereocenters. The predicted molar refractivity (Wildman–Crippen MR) is 118 cm³/mol. The second kappa shape index (κ2) is 12.5. The summed E-state index contributed by atoms with van der Waals surface area (Å²) in [6.07, 6.45) is 13.5. The van der Waals surface area contributed by atoms with Gasteiger partial charge in [0, 0.05) is 0 Å². The van der Waals surface area contributed by atoms with Gasteiger partial charge in [-0.2, -0.15) is 8.42 Å². The van der Waals surface area contributed by atoms with Crippen LogP contribution in [0.1, 0.15) is 103 Å². The minimum Gasteiger partial charge on any atom is -0.469 e. The van der Waals surface area contributed by atoms with Crippen molar-refractivity contribution >= 4 is 10.1 Å². The maximum atomic E-state index is 11.8. The van der Waals surface area contributed by atoms with Crippen molar-refractivity contribution in [3.63, 3.8) is 0 Å². The number of hydrogen-bond donors (Lipinski definition) is 1. The summed E-state index contributed by atoms with van der Waals surface area (Å²) < 4.78 is 39.1. The molecule has 0 spiro atoms. The van der Waals surface area contributed by atoms with Crippen molar-refractivity contribution in [1.29, 1.82) is 0 Å². The van der Waals surface area contributed by atoms with Gasteiger partial charge < -0.3 is 4.74 Å². The van der Waals surface area contributed by atoms with E-state index in [4.69, 9.17) is 4.74 Å². The molecule has 0 aliphatic heterocycles. The minimum absolute atomic E-state index is 0.649. The number of ether oxygens (including phenoxy) is 1. The zero-order chi connectivity index (χ0) is 21.0. The first kappa shape index (κ1) is 25.0. The summed E-state index contributed by atoms with van der Waals surface area (Å²) in [5.74, 6) is 0.649. The Hall–Kier alpha value is -1.07. The SMILES string of the molecule is CCCCCCCc1cccc(CCCCCCC)c1OC(C)(C)S(=O)(=O)O. The molecule has 0 aliphatic rings. The van der Waals surface area contributed by atoms with Crippen molar-refractivity contribution in [1.82, 2.24) is 0 Å². The molecule has 28 heavy (non-hydrogen) atoms. The number of hydrogen-bond acceptors (Lipinski definition) is 3. The van der Waals surface area contributed by atoms with Crippen LogP contribution in [0.15, 0.2) is 18.2 Å². The van der Waals surface area contributed by atoms with E-state index in [1.807, 2.05) is 18.2 Å². The monoisotopic (exact) mass is 412 g/mol. The van der Waals surface area contributed by atoms with Crippen LogP contribution in [-0.2, 0) is 23.0 Å². The van der Waals surface area contributed by atoms with Crippen molar-refractivity contribution in [2.45, 2.75) is 110 Å². The van der Waals surface area contributed by atoms with Crippen molar-refractivity contribution in [3.05, 3.63) is 29.3 Å². The number of rotatable bonds is 15. The maximum absolute atomic E-state index is 11.8. The van der Waals surface area contributed by atoms with Crippen LogP contribution in [0.5, 0.6) is 5.75 Å². The highest BCUT2D eigenvalue weighted by atomic mass is 32.2. The molecule has 0 heterocycles. The van der Waals surface area contributed by atoms with Crippen molar-refractivity contribution in [2.24, 2.45) is 0 Å². The standard InChI is InChI=1S/C23H40O4S/c1-5-7-9-11-13-16-20-18-15-19-21(17-14-12-10-8-6-2)22(20)27-23(3,4)28(24,25)26/h15,18-19H,5-14,16-17H2,1-4H3,(H,24,25,26). The molecule has 0 saturated carbocycles. The van der Waals surface area contributed by atoms with Gasteiger partial charge in [0.05, 0.1) is 0 Å². The fourth-order valence-electron chi connectivity index (χ4n) is 3.30. The molecule has 0 radical (unpaired) electrons. The van der Waals surface area contributed by atoms with Gasteiger partial charge in [0.15, 0.2) is 0 Å². The fourth-order valence-corrected chi connectivity index (χ4v) is 3.49. The Morgan fingerprint density at radius 1 is 0.821 bits per heavy atom. The van der Waals surface area contributed by atoms with E-state index in [1.54, 1.807) is 0 Å². The fraction of sp³-hybridized carbons (Fsp3) is 0.739. The molecule has 0 saturated heterocycles. The normalized spacial score (nSPS) is 12.3. The van der Waals surface area contributed by atoms with Crippen LogP contribution >= 0.6 is 0 Å². The zero-order valence-corrected chi connectivity index (χ0v) is 19.1. The lowest BCUT2D eigenvalue weighted by Gasteiger charge is -2.26. The molecule has 0 fully saturated rings. The third kappa shape index (κ3) is 8.52. The van der Waals surface area contributed by atoms with Gasteiger partial charge in [-0.3, -0.25) is 4.55 Å². The third-order valence-corrected chi connectivity index (χ3v) is 6.57. The van der Waals surface area contributed by atoms with E-state index in [-0.39, 0.29) is 0 Å². The third-order valence-electron chi connectivity index (χ3n) is 5.25. The van der Waals surface area contributed by atoms with Crippen LogP contribution in [0.2, 0.25) is 0 Å². The summed E-state index contributed by atoms with van der Waals surface area (Å²) in [5, 5.41) is 0. The zero-order valence-electron chi connectivity index (χ0n) is 18.3. The lowest BCUT2D eigenvalue weighted by molar-refractivity contribution is 0.175. The summed E-state index contributed by atoms with van der Waals surface area (Å²) >= 11 is 0. The minimum atomic E-state index is -4.32. The molecule has 0 bridgehead atoms. The van der Waals surface area contributed by atoms with Gasteiger partial charge in [-0.05, 0) is 50.7 Å². The summed E-state index contributed by atoms with van der Waals surface area (Å²) in [6, 6.07) is 6.08. The Bertz CT molecular complexity index is 633. The predicted octanol–water partition coefficient (Wildman–Crippen LogP) is 6.72. The van der Waals surface area contributed by atoms with Crippen molar-refractivity contribution in [3.8, 4) is 5.75 Å². The average molecular weight is 413 g/mol. The van der Waals surface area contributed by atoms with Gasteiger partial charge in [0.1, 0.15) is 5.75 Å². The van der Waals surface area contributed by atoms with Crippen LogP contribution in [0, 0.1) is 0 Å². The second-order valence-corrected chi connectivity index (χ2v) is 10.1. The Morgan fingerprint density at radius 3 is 1.64 bits per heavy atom. The molecule has 1 aromatic rings. The Balaban J connectivity index is 2.95. The van der Waals surface area contributed by atoms with E-state index < -0.39 is 15.1 Å².